The van der Waals surface area contributed by atoms with Crippen molar-refractivity contribution in [1.82, 2.24) is 19.7 Å². The highest BCUT2D eigenvalue weighted by Crippen LogP contribution is 2.41. The average molecular weight is 502 g/mol. The molecule has 0 saturated heterocycles. The van der Waals surface area contributed by atoms with Crippen LogP contribution in [0.2, 0.25) is 0 Å². The van der Waals surface area contributed by atoms with Gasteiger partial charge in [0.15, 0.2) is 17.4 Å². The minimum Gasteiger partial charge on any atom is -0.503 e. The van der Waals surface area contributed by atoms with E-state index in [1.165, 1.54) is 29.1 Å². The molecular weight excluding hydrogens is 481 g/mol. The zero-order valence-electron chi connectivity index (χ0n) is 19.3. The van der Waals surface area contributed by atoms with Crippen LogP contribution in [0.25, 0.3) is 22.3 Å². The number of aromatic nitrogens is 4. The van der Waals surface area contributed by atoms with Gasteiger partial charge < -0.3 is 5.11 Å². The summed E-state index contributed by atoms with van der Waals surface area (Å²) in [5, 5.41) is 13.9. The fraction of sp³-hybridized carbons (Fsp3) is 0.280. The summed E-state index contributed by atoms with van der Waals surface area (Å²) >= 11 is 0. The molecule has 0 amide bonds. The van der Waals surface area contributed by atoms with Gasteiger partial charge in [-0.15, -0.1) is 0 Å². The molecule has 1 unspecified atom stereocenters. The van der Waals surface area contributed by atoms with Crippen LogP contribution in [0.4, 0.5) is 27.9 Å². The molecule has 0 radical (unpaired) electrons. The molecule has 36 heavy (non-hydrogen) atoms. The molecule has 1 aliphatic rings. The second kappa shape index (κ2) is 8.65. The highest BCUT2D eigenvalue weighted by molar-refractivity contribution is 5.91. The number of aryl methyl sites for hydroxylation is 2. The van der Waals surface area contributed by atoms with Crippen molar-refractivity contribution in [3.8, 4) is 17.0 Å². The zero-order valence-corrected chi connectivity index (χ0v) is 19.3. The number of fused-ring (bicyclic) bond motifs is 2. The lowest BCUT2D eigenvalue weighted by Crippen LogP contribution is -2.19. The van der Waals surface area contributed by atoms with Crippen molar-refractivity contribution in [2.24, 2.45) is 13.0 Å². The standard InChI is InChI=1S/C25H20F5N5O/c1-34(12-13-7-8-14-5-3-4-6-15(14)9-13)24-31-11-17-21(33-35(2)23(17)32-24)16-10-18(25(28,29)30)20(27)22(36)19(16)26/h3-6,10-13H,7-9H2,1-2H3/p+1/b34-12+. The number of hydrogen-bond donors (Lipinski definition) is 1. The highest BCUT2D eigenvalue weighted by atomic mass is 19.4. The number of alkyl halides is 3. The predicted octanol–water partition coefficient (Wildman–Crippen LogP) is 5.18. The Morgan fingerprint density at radius 1 is 1.14 bits per heavy atom. The lowest BCUT2D eigenvalue weighted by Gasteiger charge is -2.21. The molecule has 2 aromatic heterocycles. The van der Waals surface area contributed by atoms with Gasteiger partial charge in [0, 0.05) is 24.7 Å². The van der Waals surface area contributed by atoms with E-state index in [0.717, 1.165) is 19.3 Å². The fourth-order valence-electron chi connectivity index (χ4n) is 4.63. The van der Waals surface area contributed by atoms with E-state index >= 15 is 0 Å². The summed E-state index contributed by atoms with van der Waals surface area (Å²) < 4.78 is 71.4. The van der Waals surface area contributed by atoms with Gasteiger partial charge in [0.1, 0.15) is 11.9 Å². The maximum absolute atomic E-state index is 14.7. The van der Waals surface area contributed by atoms with Gasteiger partial charge in [0.05, 0.1) is 18.0 Å². The lowest BCUT2D eigenvalue weighted by atomic mass is 9.84. The van der Waals surface area contributed by atoms with Crippen molar-refractivity contribution in [1.29, 1.82) is 0 Å². The van der Waals surface area contributed by atoms with E-state index in [2.05, 4.69) is 27.2 Å². The Morgan fingerprint density at radius 2 is 1.86 bits per heavy atom. The fourth-order valence-corrected chi connectivity index (χ4v) is 4.63. The summed E-state index contributed by atoms with van der Waals surface area (Å²) in [4.78, 5) is 8.78. The van der Waals surface area contributed by atoms with E-state index < -0.39 is 34.7 Å². The van der Waals surface area contributed by atoms with Crippen molar-refractivity contribution in [3.05, 3.63) is 64.9 Å². The van der Waals surface area contributed by atoms with Crippen LogP contribution in [0.5, 0.6) is 5.75 Å². The Balaban J connectivity index is 1.53. The molecule has 4 aromatic rings. The number of phenolic OH excluding ortho intramolecular Hbond substituents is 1. The number of aromatic hydroxyl groups is 1. The number of benzene rings is 2. The van der Waals surface area contributed by atoms with Gasteiger partial charge in [-0.25, -0.2) is 18.0 Å². The number of halogens is 5. The molecule has 2 aromatic carbocycles. The van der Waals surface area contributed by atoms with Crippen molar-refractivity contribution < 1.29 is 31.6 Å². The van der Waals surface area contributed by atoms with Crippen LogP contribution in [-0.2, 0) is 26.1 Å². The third kappa shape index (κ3) is 4.08. The van der Waals surface area contributed by atoms with Crippen LogP contribution in [-0.4, -0.2) is 42.7 Å². The summed E-state index contributed by atoms with van der Waals surface area (Å²) in [5.41, 5.74) is 0.139. The first kappa shape index (κ1) is 23.8. The van der Waals surface area contributed by atoms with Gasteiger partial charge in [-0.05, 0) is 41.4 Å². The summed E-state index contributed by atoms with van der Waals surface area (Å²) in [7, 11) is 3.29. The molecule has 2 heterocycles. The minimum atomic E-state index is -5.14. The Morgan fingerprint density at radius 3 is 2.58 bits per heavy atom. The van der Waals surface area contributed by atoms with Crippen LogP contribution < -0.4 is 0 Å². The van der Waals surface area contributed by atoms with Crippen molar-refractivity contribution >= 4 is 23.2 Å². The maximum atomic E-state index is 14.7. The minimum absolute atomic E-state index is 0.152. The van der Waals surface area contributed by atoms with Crippen molar-refractivity contribution in [2.45, 2.75) is 25.4 Å². The van der Waals surface area contributed by atoms with Crippen LogP contribution in [0.15, 0.2) is 36.5 Å². The molecule has 5 rings (SSSR count). The third-order valence-electron chi connectivity index (χ3n) is 6.44. The lowest BCUT2D eigenvalue weighted by molar-refractivity contribution is -0.411. The van der Waals surface area contributed by atoms with E-state index in [9.17, 15) is 27.1 Å². The molecule has 0 fully saturated rings. The molecule has 0 saturated carbocycles. The van der Waals surface area contributed by atoms with Gasteiger partial charge in [-0.3, -0.25) is 0 Å². The predicted molar refractivity (Wildman–Crippen MR) is 122 cm³/mol. The first-order valence-electron chi connectivity index (χ1n) is 11.2. The third-order valence-corrected chi connectivity index (χ3v) is 6.44. The van der Waals surface area contributed by atoms with Gasteiger partial charge in [0.2, 0.25) is 5.65 Å². The molecular formula is C25H21F5N5O+. The van der Waals surface area contributed by atoms with Crippen LogP contribution in [0.1, 0.15) is 23.1 Å². The van der Waals surface area contributed by atoms with Gasteiger partial charge in [0.25, 0.3) is 0 Å². The average Bonchev–Trinajstić information content (AvgIpc) is 3.17. The molecule has 6 nitrogen and oxygen atoms in total. The largest absolute Gasteiger partial charge is 0.503 e. The van der Waals surface area contributed by atoms with E-state index in [0.29, 0.717) is 12.0 Å². The van der Waals surface area contributed by atoms with E-state index in [4.69, 9.17) is 0 Å². The highest BCUT2D eigenvalue weighted by Gasteiger charge is 2.38. The van der Waals surface area contributed by atoms with Crippen LogP contribution in [0.3, 0.4) is 0 Å². The second-order valence-corrected chi connectivity index (χ2v) is 8.86. The summed E-state index contributed by atoms with van der Waals surface area (Å²) in [6.07, 6.45) is 1.03. The van der Waals surface area contributed by atoms with E-state index in [-0.39, 0.29) is 22.6 Å². The quantitative estimate of drug-likeness (QED) is 0.238. The molecule has 1 atom stereocenters. The number of nitrogens with zero attached hydrogens (tertiary/aromatic N) is 5. The molecule has 0 bridgehead atoms. The second-order valence-electron chi connectivity index (χ2n) is 8.86. The van der Waals surface area contributed by atoms with Gasteiger partial charge in [-0.1, -0.05) is 29.2 Å². The monoisotopic (exact) mass is 502 g/mol. The van der Waals surface area contributed by atoms with Gasteiger partial charge >= 0.3 is 12.1 Å². The smallest absolute Gasteiger partial charge is 0.434 e. The molecule has 0 spiro atoms. The van der Waals surface area contributed by atoms with Crippen molar-refractivity contribution in [2.75, 3.05) is 7.05 Å². The number of hydrogen-bond acceptors (Lipinski definition) is 4. The Labute approximate surface area is 202 Å². The molecule has 1 N–H and O–H groups in total. The first-order chi connectivity index (χ1) is 17.0. The Bertz CT molecular complexity index is 1530. The molecule has 186 valence electrons. The molecule has 1 aliphatic carbocycles. The van der Waals surface area contributed by atoms with Crippen LogP contribution in [0, 0.1) is 17.6 Å². The number of rotatable bonds is 3. The summed E-state index contributed by atoms with van der Waals surface area (Å²) in [6, 6.07) is 8.59. The topological polar surface area (TPSA) is 66.8 Å². The van der Waals surface area contributed by atoms with E-state index in [1.54, 1.807) is 11.6 Å². The Kier molecular flexibility index (Phi) is 5.73. The molecule has 11 heteroatoms. The SMILES string of the molecule is Cn1nc(-c2cc(C(F)(F)F)c(F)c(O)c2F)c2cnc(/[N+](C)=C/C3CCc4ccccc4C3)nc21. The maximum Gasteiger partial charge on any atom is 0.434 e. The Hall–Kier alpha value is -3.89. The number of phenols is 1. The zero-order chi connectivity index (χ0) is 25.8. The van der Waals surface area contributed by atoms with E-state index in [1.807, 2.05) is 18.3 Å². The molecule has 0 aliphatic heterocycles. The normalized spacial score (nSPS) is 16.4. The van der Waals surface area contributed by atoms with Crippen molar-refractivity contribution in [3.63, 3.8) is 0 Å². The van der Waals surface area contributed by atoms with Crippen LogP contribution >= 0.6 is 0 Å². The summed E-state index contributed by atoms with van der Waals surface area (Å²) in [6.45, 7) is 0. The van der Waals surface area contributed by atoms with Gasteiger partial charge in [-0.2, -0.15) is 18.3 Å². The first-order valence-corrected chi connectivity index (χ1v) is 11.2. The summed E-state index contributed by atoms with van der Waals surface area (Å²) in [5.74, 6) is -4.75.